The maximum atomic E-state index is 11.6. The number of morpholine rings is 1. The summed E-state index contributed by atoms with van der Waals surface area (Å²) in [5, 5.41) is 9.58. The average molecular weight is 240 g/mol. The van der Waals surface area contributed by atoms with Crippen LogP contribution in [0, 0.1) is 6.92 Å². The summed E-state index contributed by atoms with van der Waals surface area (Å²) in [6, 6.07) is 0.0909. The van der Waals surface area contributed by atoms with Gasteiger partial charge < -0.3 is 19.9 Å². The molecule has 7 nitrogen and oxygen atoms in total. The molecule has 0 aliphatic carbocycles. The van der Waals surface area contributed by atoms with Crippen LogP contribution in [0.2, 0.25) is 0 Å². The second-order valence-corrected chi connectivity index (χ2v) is 3.94. The third kappa shape index (κ3) is 3.79. The highest BCUT2D eigenvalue weighted by atomic mass is 16.5. The van der Waals surface area contributed by atoms with E-state index in [1.54, 1.807) is 6.92 Å². The van der Waals surface area contributed by atoms with Gasteiger partial charge in [0, 0.05) is 19.0 Å². The van der Waals surface area contributed by atoms with Crippen LogP contribution in [0.3, 0.4) is 0 Å². The van der Waals surface area contributed by atoms with Crippen LogP contribution in [0.25, 0.3) is 0 Å². The maximum absolute atomic E-state index is 11.6. The number of aryl methyl sites for hydroxylation is 1. The number of aromatic nitrogens is 2. The summed E-state index contributed by atoms with van der Waals surface area (Å²) in [6.07, 6.45) is 0.396. The van der Waals surface area contributed by atoms with Crippen molar-refractivity contribution in [3.8, 4) is 0 Å². The first-order valence-electron chi connectivity index (χ1n) is 5.61. The van der Waals surface area contributed by atoms with Crippen LogP contribution >= 0.6 is 0 Å². The van der Waals surface area contributed by atoms with Crippen LogP contribution in [-0.4, -0.2) is 41.8 Å². The van der Waals surface area contributed by atoms with Crippen molar-refractivity contribution in [1.29, 1.82) is 0 Å². The zero-order chi connectivity index (χ0) is 12.1. The smallest absolute Gasteiger partial charge is 0.246 e. The number of carbonyl (C=O) groups is 1. The molecule has 0 aromatic carbocycles. The molecule has 2 N–H and O–H groups in total. The Kier molecular flexibility index (Phi) is 4.05. The number of amides is 1. The summed E-state index contributed by atoms with van der Waals surface area (Å²) in [5.74, 6) is 0.934. The Bertz CT molecular complexity index is 373. The molecular weight excluding hydrogens is 224 g/mol. The Morgan fingerprint density at radius 1 is 1.65 bits per heavy atom. The van der Waals surface area contributed by atoms with E-state index in [-0.39, 0.29) is 18.5 Å². The van der Waals surface area contributed by atoms with Gasteiger partial charge in [0.15, 0.2) is 5.82 Å². The fraction of sp³-hybridized carbons (Fsp3) is 0.700. The molecule has 1 aromatic heterocycles. The van der Waals surface area contributed by atoms with Gasteiger partial charge in [0.25, 0.3) is 0 Å². The Labute approximate surface area is 98.9 Å². The van der Waals surface area contributed by atoms with Gasteiger partial charge >= 0.3 is 0 Å². The number of nitrogens with zero attached hydrogens (tertiary/aromatic N) is 2. The third-order valence-electron chi connectivity index (χ3n) is 2.44. The minimum atomic E-state index is -0.0520. The molecule has 1 unspecified atom stereocenters. The monoisotopic (exact) mass is 240 g/mol. The van der Waals surface area contributed by atoms with Crippen LogP contribution in [0.5, 0.6) is 0 Å². The molecule has 0 bridgehead atoms. The molecule has 7 heteroatoms. The molecule has 0 spiro atoms. The van der Waals surface area contributed by atoms with Gasteiger partial charge in [-0.05, 0) is 6.92 Å². The second kappa shape index (κ2) is 5.74. The lowest BCUT2D eigenvalue weighted by molar-refractivity contribution is -0.122. The van der Waals surface area contributed by atoms with Gasteiger partial charge in [0.05, 0.1) is 19.8 Å². The average Bonchev–Trinajstić information content (AvgIpc) is 2.74. The van der Waals surface area contributed by atoms with E-state index in [0.717, 1.165) is 6.54 Å². The van der Waals surface area contributed by atoms with Crippen LogP contribution in [0.4, 0.5) is 0 Å². The van der Waals surface area contributed by atoms with Crippen molar-refractivity contribution in [2.45, 2.75) is 25.9 Å². The summed E-state index contributed by atoms with van der Waals surface area (Å²) in [7, 11) is 0. The van der Waals surface area contributed by atoms with Gasteiger partial charge in [0.2, 0.25) is 11.8 Å². The molecule has 1 fully saturated rings. The van der Waals surface area contributed by atoms with Gasteiger partial charge in [0.1, 0.15) is 0 Å². The van der Waals surface area contributed by atoms with E-state index in [9.17, 15) is 4.79 Å². The van der Waals surface area contributed by atoms with Crippen molar-refractivity contribution in [3.63, 3.8) is 0 Å². The van der Waals surface area contributed by atoms with E-state index in [2.05, 4.69) is 20.8 Å². The summed E-state index contributed by atoms with van der Waals surface area (Å²) >= 11 is 0. The first-order valence-corrected chi connectivity index (χ1v) is 5.61. The predicted octanol–water partition coefficient (Wildman–Crippen LogP) is -0.627. The number of carbonyl (C=O) groups excluding carboxylic acids is 1. The van der Waals surface area contributed by atoms with Crippen LogP contribution < -0.4 is 10.6 Å². The van der Waals surface area contributed by atoms with Crippen molar-refractivity contribution in [1.82, 2.24) is 20.8 Å². The highest BCUT2D eigenvalue weighted by Gasteiger charge is 2.17. The highest BCUT2D eigenvalue weighted by Crippen LogP contribution is 1.99. The summed E-state index contributed by atoms with van der Waals surface area (Å²) in [6.45, 7) is 4.08. The fourth-order valence-corrected chi connectivity index (χ4v) is 1.63. The van der Waals surface area contributed by atoms with Crippen molar-refractivity contribution in [2.75, 3.05) is 19.8 Å². The van der Waals surface area contributed by atoms with E-state index >= 15 is 0 Å². The van der Waals surface area contributed by atoms with Crippen molar-refractivity contribution in [2.24, 2.45) is 0 Å². The Hall–Kier alpha value is -1.47. The zero-order valence-electron chi connectivity index (χ0n) is 9.73. The van der Waals surface area contributed by atoms with Gasteiger partial charge in [-0.15, -0.1) is 0 Å². The number of nitrogens with one attached hydrogen (secondary N) is 2. The third-order valence-corrected chi connectivity index (χ3v) is 2.44. The molecule has 1 atom stereocenters. The predicted molar refractivity (Wildman–Crippen MR) is 58.1 cm³/mol. The molecule has 94 valence electrons. The largest absolute Gasteiger partial charge is 0.378 e. The van der Waals surface area contributed by atoms with Crippen LogP contribution in [0.1, 0.15) is 18.1 Å². The normalized spacial score (nSPS) is 20.2. The van der Waals surface area contributed by atoms with Crippen molar-refractivity contribution in [3.05, 3.63) is 11.7 Å². The van der Waals surface area contributed by atoms with Gasteiger partial charge in [-0.1, -0.05) is 5.16 Å². The van der Waals surface area contributed by atoms with E-state index in [0.29, 0.717) is 31.3 Å². The molecular formula is C10H16N4O3. The van der Waals surface area contributed by atoms with Gasteiger partial charge in [-0.25, -0.2) is 0 Å². The minimum absolute atomic E-state index is 0.0520. The maximum Gasteiger partial charge on any atom is 0.246 e. The molecule has 2 rings (SSSR count). The minimum Gasteiger partial charge on any atom is -0.378 e. The highest BCUT2D eigenvalue weighted by molar-refractivity contribution is 5.76. The lowest BCUT2D eigenvalue weighted by Gasteiger charge is -2.23. The Morgan fingerprint density at radius 3 is 3.18 bits per heavy atom. The lowest BCUT2D eigenvalue weighted by atomic mass is 10.2. The van der Waals surface area contributed by atoms with E-state index in [1.165, 1.54) is 0 Å². The lowest BCUT2D eigenvalue weighted by Crippen LogP contribution is -2.44. The summed E-state index contributed by atoms with van der Waals surface area (Å²) in [4.78, 5) is 15.6. The second-order valence-electron chi connectivity index (χ2n) is 3.94. The topological polar surface area (TPSA) is 89.3 Å². The Balaban J connectivity index is 1.70. The number of rotatable bonds is 4. The molecule has 1 aliphatic rings. The van der Waals surface area contributed by atoms with Crippen LogP contribution in [0.15, 0.2) is 4.52 Å². The summed E-state index contributed by atoms with van der Waals surface area (Å²) < 4.78 is 10.2. The fourth-order valence-electron chi connectivity index (χ4n) is 1.63. The number of hydrogen-bond acceptors (Lipinski definition) is 6. The molecule has 0 saturated carbocycles. The van der Waals surface area contributed by atoms with E-state index in [4.69, 9.17) is 9.26 Å². The molecule has 1 aromatic rings. The summed E-state index contributed by atoms with van der Waals surface area (Å²) in [5.41, 5.74) is 0. The van der Waals surface area contributed by atoms with Crippen molar-refractivity contribution >= 4 is 5.91 Å². The zero-order valence-corrected chi connectivity index (χ0v) is 9.73. The molecule has 0 radical (unpaired) electrons. The van der Waals surface area contributed by atoms with E-state index < -0.39 is 0 Å². The molecule has 1 saturated heterocycles. The molecule has 17 heavy (non-hydrogen) atoms. The molecule has 1 aliphatic heterocycles. The quantitative estimate of drug-likeness (QED) is 0.728. The van der Waals surface area contributed by atoms with Crippen molar-refractivity contribution < 1.29 is 14.1 Å². The number of ether oxygens (including phenoxy) is 1. The van der Waals surface area contributed by atoms with Gasteiger partial charge in [-0.3, -0.25) is 4.79 Å². The molecule has 2 heterocycles. The first kappa shape index (κ1) is 12.0. The standard InChI is InChI=1S/C10H16N4O3/c1-7-13-10(17-14-7)5-12-9(15)4-8-6-16-3-2-11-8/h8,11H,2-6H2,1H3,(H,12,15). The molecule has 1 amide bonds. The first-order chi connectivity index (χ1) is 8.24. The van der Waals surface area contributed by atoms with Crippen LogP contribution in [-0.2, 0) is 16.1 Å². The SMILES string of the molecule is Cc1noc(CNC(=O)CC2COCCN2)n1. The Morgan fingerprint density at radius 2 is 2.53 bits per heavy atom. The number of hydrogen-bond donors (Lipinski definition) is 2. The van der Waals surface area contributed by atoms with E-state index in [1.807, 2.05) is 0 Å². The van der Waals surface area contributed by atoms with Gasteiger partial charge in [-0.2, -0.15) is 4.98 Å².